The molecule has 3 aromatic heterocycles. The van der Waals surface area contributed by atoms with Crippen LogP contribution in [0.25, 0.3) is 5.65 Å². The number of benzene rings is 1. The molecule has 0 radical (unpaired) electrons. The molecule has 0 bridgehead atoms. The van der Waals surface area contributed by atoms with Crippen molar-refractivity contribution in [2.75, 3.05) is 13.0 Å². The first-order chi connectivity index (χ1) is 13.6. The SMILES string of the molecule is COc1cccc(OCc2nnc(SCc3cn4cccc(C)c4n3)n2N)c1. The number of ether oxygens (including phenoxy) is 2. The van der Waals surface area contributed by atoms with Crippen molar-refractivity contribution < 1.29 is 9.47 Å². The van der Waals surface area contributed by atoms with Crippen LogP contribution < -0.4 is 15.3 Å². The minimum Gasteiger partial charge on any atom is -0.497 e. The Morgan fingerprint density at radius 1 is 1.14 bits per heavy atom. The van der Waals surface area contributed by atoms with Gasteiger partial charge in [0.05, 0.1) is 12.8 Å². The second kappa shape index (κ2) is 7.81. The Bertz CT molecular complexity index is 1110. The van der Waals surface area contributed by atoms with Crippen molar-refractivity contribution >= 4 is 17.4 Å². The monoisotopic (exact) mass is 396 g/mol. The predicted molar refractivity (Wildman–Crippen MR) is 107 cm³/mol. The topological polar surface area (TPSA) is 92.5 Å². The Labute approximate surface area is 166 Å². The van der Waals surface area contributed by atoms with E-state index in [0.29, 0.717) is 22.5 Å². The lowest BCUT2D eigenvalue weighted by molar-refractivity contribution is 0.289. The summed E-state index contributed by atoms with van der Waals surface area (Å²) in [6.07, 6.45) is 4.00. The molecule has 0 spiro atoms. The molecule has 0 amide bonds. The first-order valence-corrected chi connectivity index (χ1v) is 9.65. The van der Waals surface area contributed by atoms with Crippen LogP contribution in [0.4, 0.5) is 0 Å². The highest BCUT2D eigenvalue weighted by Gasteiger charge is 2.12. The molecule has 0 saturated heterocycles. The number of hydrogen-bond acceptors (Lipinski definition) is 7. The van der Waals surface area contributed by atoms with Gasteiger partial charge in [-0.25, -0.2) is 9.66 Å². The molecule has 1 aromatic carbocycles. The van der Waals surface area contributed by atoms with Gasteiger partial charge in [-0.3, -0.25) is 0 Å². The van der Waals surface area contributed by atoms with E-state index in [1.807, 2.05) is 54.0 Å². The predicted octanol–water partition coefficient (Wildman–Crippen LogP) is 2.83. The minimum absolute atomic E-state index is 0.213. The highest BCUT2D eigenvalue weighted by molar-refractivity contribution is 7.98. The summed E-state index contributed by atoms with van der Waals surface area (Å²) in [7, 11) is 1.61. The number of pyridine rings is 1. The van der Waals surface area contributed by atoms with Gasteiger partial charge < -0.3 is 19.7 Å². The third kappa shape index (κ3) is 3.74. The zero-order valence-corrected chi connectivity index (χ0v) is 16.4. The zero-order valence-electron chi connectivity index (χ0n) is 15.6. The molecule has 8 nitrogen and oxygen atoms in total. The first-order valence-electron chi connectivity index (χ1n) is 8.66. The number of aromatic nitrogens is 5. The molecule has 0 aliphatic rings. The maximum Gasteiger partial charge on any atom is 0.210 e. The molecule has 0 atom stereocenters. The van der Waals surface area contributed by atoms with E-state index < -0.39 is 0 Å². The van der Waals surface area contributed by atoms with Crippen LogP contribution in [0.1, 0.15) is 17.1 Å². The largest absolute Gasteiger partial charge is 0.497 e. The van der Waals surface area contributed by atoms with Crippen molar-refractivity contribution in [1.82, 2.24) is 24.3 Å². The third-order valence-electron chi connectivity index (χ3n) is 4.22. The fourth-order valence-corrected chi connectivity index (χ4v) is 3.51. The van der Waals surface area contributed by atoms with E-state index in [9.17, 15) is 0 Å². The maximum absolute atomic E-state index is 6.13. The van der Waals surface area contributed by atoms with Crippen LogP contribution in [0.15, 0.2) is 53.9 Å². The Balaban J connectivity index is 1.40. The summed E-state index contributed by atoms with van der Waals surface area (Å²) in [5.74, 6) is 8.72. The van der Waals surface area contributed by atoms with Crippen LogP contribution in [0.2, 0.25) is 0 Å². The van der Waals surface area contributed by atoms with E-state index in [-0.39, 0.29) is 6.61 Å². The van der Waals surface area contributed by atoms with Crippen molar-refractivity contribution in [2.45, 2.75) is 24.4 Å². The number of thioether (sulfide) groups is 1. The number of fused-ring (bicyclic) bond motifs is 1. The highest BCUT2D eigenvalue weighted by Crippen LogP contribution is 2.23. The Morgan fingerprint density at radius 3 is 2.82 bits per heavy atom. The maximum atomic E-state index is 6.13. The van der Waals surface area contributed by atoms with E-state index >= 15 is 0 Å². The molecule has 0 unspecified atom stereocenters. The van der Waals surface area contributed by atoms with Gasteiger partial charge in [0.1, 0.15) is 23.8 Å². The van der Waals surface area contributed by atoms with Gasteiger partial charge in [0.15, 0.2) is 5.82 Å². The molecule has 9 heteroatoms. The second-order valence-corrected chi connectivity index (χ2v) is 7.12. The summed E-state index contributed by atoms with van der Waals surface area (Å²) in [6.45, 7) is 2.26. The van der Waals surface area contributed by atoms with Gasteiger partial charge >= 0.3 is 0 Å². The van der Waals surface area contributed by atoms with Crippen molar-refractivity contribution in [2.24, 2.45) is 0 Å². The quantitative estimate of drug-likeness (QED) is 0.379. The summed E-state index contributed by atoms with van der Waals surface area (Å²) in [5.41, 5.74) is 3.05. The number of aryl methyl sites for hydroxylation is 1. The van der Waals surface area contributed by atoms with E-state index in [2.05, 4.69) is 15.2 Å². The van der Waals surface area contributed by atoms with Gasteiger partial charge in [-0.2, -0.15) is 0 Å². The van der Waals surface area contributed by atoms with Crippen LogP contribution in [0.3, 0.4) is 0 Å². The number of nitrogens with two attached hydrogens (primary N) is 1. The second-order valence-electron chi connectivity index (χ2n) is 6.18. The molecule has 0 aliphatic heterocycles. The Kier molecular flexibility index (Phi) is 5.07. The molecular formula is C19H20N6O2S. The van der Waals surface area contributed by atoms with Crippen molar-refractivity contribution in [3.63, 3.8) is 0 Å². The van der Waals surface area contributed by atoms with Crippen LogP contribution in [-0.2, 0) is 12.4 Å². The summed E-state index contributed by atoms with van der Waals surface area (Å²) < 4.78 is 14.4. The van der Waals surface area contributed by atoms with Gasteiger partial charge in [0, 0.05) is 24.2 Å². The van der Waals surface area contributed by atoms with Crippen molar-refractivity contribution in [1.29, 1.82) is 0 Å². The summed E-state index contributed by atoms with van der Waals surface area (Å²) in [5, 5.41) is 8.90. The standard InChI is InChI=1S/C19H20N6O2S/c1-13-5-4-8-24-10-14(21-18(13)24)12-28-19-23-22-17(25(19)20)11-27-16-7-3-6-15(9-16)26-2/h3-10H,11-12,20H2,1-2H3. The minimum atomic E-state index is 0.213. The molecule has 0 aliphatic carbocycles. The molecular weight excluding hydrogens is 376 g/mol. The molecule has 144 valence electrons. The molecule has 0 fully saturated rings. The van der Waals surface area contributed by atoms with Crippen LogP contribution in [-0.4, -0.2) is 31.4 Å². The number of methoxy groups -OCH3 is 1. The molecule has 4 aromatic rings. The van der Waals surface area contributed by atoms with E-state index in [1.165, 1.54) is 16.4 Å². The molecule has 28 heavy (non-hydrogen) atoms. The first kappa shape index (κ1) is 18.2. The van der Waals surface area contributed by atoms with Crippen LogP contribution in [0, 0.1) is 6.92 Å². The Hall–Kier alpha value is -3.20. The summed E-state index contributed by atoms with van der Waals surface area (Å²) >= 11 is 1.48. The lowest BCUT2D eigenvalue weighted by Gasteiger charge is -2.07. The van der Waals surface area contributed by atoms with Gasteiger partial charge in [-0.05, 0) is 30.7 Å². The Morgan fingerprint density at radius 2 is 2.00 bits per heavy atom. The normalized spacial score (nSPS) is 11.1. The fraction of sp³-hybridized carbons (Fsp3) is 0.211. The molecule has 3 heterocycles. The summed E-state index contributed by atoms with van der Waals surface area (Å²) in [4.78, 5) is 4.66. The number of nitrogen functional groups attached to an aromatic ring is 1. The lowest BCUT2D eigenvalue weighted by Crippen LogP contribution is -2.15. The zero-order chi connectivity index (χ0) is 19.5. The fourth-order valence-electron chi connectivity index (χ4n) is 2.76. The average molecular weight is 396 g/mol. The smallest absolute Gasteiger partial charge is 0.210 e. The average Bonchev–Trinajstić information content (AvgIpc) is 3.29. The molecule has 2 N–H and O–H groups in total. The van der Waals surface area contributed by atoms with Crippen LogP contribution in [0.5, 0.6) is 11.5 Å². The van der Waals surface area contributed by atoms with Gasteiger partial charge in [0.25, 0.3) is 0 Å². The number of imidazole rings is 1. The highest BCUT2D eigenvalue weighted by atomic mass is 32.2. The van der Waals surface area contributed by atoms with Crippen molar-refractivity contribution in [3.8, 4) is 11.5 Å². The molecule has 4 rings (SSSR count). The van der Waals surface area contributed by atoms with E-state index in [0.717, 1.165) is 22.7 Å². The van der Waals surface area contributed by atoms with Gasteiger partial charge in [-0.1, -0.05) is 23.9 Å². The van der Waals surface area contributed by atoms with Gasteiger partial charge in [0.2, 0.25) is 5.16 Å². The van der Waals surface area contributed by atoms with Gasteiger partial charge in [-0.15, -0.1) is 10.2 Å². The lowest BCUT2D eigenvalue weighted by atomic mass is 10.3. The van der Waals surface area contributed by atoms with E-state index in [1.54, 1.807) is 13.2 Å². The summed E-state index contributed by atoms with van der Waals surface area (Å²) in [6, 6.07) is 11.4. The molecule has 0 saturated carbocycles. The number of hydrogen-bond donors (Lipinski definition) is 1. The number of nitrogens with zero attached hydrogens (tertiary/aromatic N) is 5. The van der Waals surface area contributed by atoms with Crippen LogP contribution >= 0.6 is 11.8 Å². The van der Waals surface area contributed by atoms with Crippen molar-refractivity contribution in [3.05, 3.63) is 65.9 Å². The van der Waals surface area contributed by atoms with E-state index in [4.69, 9.17) is 15.3 Å². The number of rotatable bonds is 7. The third-order valence-corrected chi connectivity index (χ3v) is 5.20.